The van der Waals surface area contributed by atoms with Crippen LogP contribution in [0.5, 0.6) is 0 Å². The van der Waals surface area contributed by atoms with Gasteiger partial charge < -0.3 is 0 Å². The van der Waals surface area contributed by atoms with Gasteiger partial charge in [-0.25, -0.2) is 13.2 Å². The molecule has 0 saturated heterocycles. The summed E-state index contributed by atoms with van der Waals surface area (Å²) < 4.78 is 39.0. The number of hydrogen-bond donors (Lipinski definition) is 0. The van der Waals surface area contributed by atoms with Gasteiger partial charge in [0.1, 0.15) is 0 Å². The standard InChI is InChI=1S/C13H15F3/c1-13(2,7-8-3-4-8)9-5-10(14)12(16)11(15)6-9/h5-6,8H,3-4,7H2,1-2H3. The maximum Gasteiger partial charge on any atom is 0.194 e. The highest BCUT2D eigenvalue weighted by Crippen LogP contribution is 2.42. The molecule has 2 rings (SSSR count). The number of rotatable bonds is 3. The maximum absolute atomic E-state index is 13.1. The van der Waals surface area contributed by atoms with E-state index in [1.54, 1.807) is 0 Å². The van der Waals surface area contributed by atoms with E-state index >= 15 is 0 Å². The summed E-state index contributed by atoms with van der Waals surface area (Å²) in [6, 6.07) is 2.22. The SMILES string of the molecule is CC(C)(CC1CC1)c1cc(F)c(F)c(F)c1. The van der Waals surface area contributed by atoms with Crippen LogP contribution in [0.1, 0.15) is 38.7 Å². The molecule has 0 heterocycles. The second kappa shape index (κ2) is 3.79. The van der Waals surface area contributed by atoms with Crippen molar-refractivity contribution in [2.24, 2.45) is 5.92 Å². The summed E-state index contributed by atoms with van der Waals surface area (Å²) in [5.74, 6) is -2.92. The van der Waals surface area contributed by atoms with Crippen molar-refractivity contribution in [3.63, 3.8) is 0 Å². The average Bonchev–Trinajstić information content (AvgIpc) is 2.96. The minimum Gasteiger partial charge on any atom is -0.204 e. The zero-order chi connectivity index (χ0) is 11.9. The molecule has 0 nitrogen and oxygen atoms in total. The third kappa shape index (κ3) is 2.23. The normalized spacial score (nSPS) is 16.6. The Hall–Kier alpha value is -0.990. The van der Waals surface area contributed by atoms with E-state index in [2.05, 4.69) is 0 Å². The van der Waals surface area contributed by atoms with E-state index in [0.717, 1.165) is 18.6 Å². The zero-order valence-electron chi connectivity index (χ0n) is 9.49. The second-order valence-electron chi connectivity index (χ2n) is 5.29. The highest BCUT2D eigenvalue weighted by atomic mass is 19.2. The van der Waals surface area contributed by atoms with Gasteiger partial charge in [-0.1, -0.05) is 26.7 Å². The predicted octanol–water partition coefficient (Wildman–Crippen LogP) is 4.18. The predicted molar refractivity (Wildman–Crippen MR) is 56.7 cm³/mol. The Bertz CT molecular complexity index is 383. The van der Waals surface area contributed by atoms with Crippen molar-refractivity contribution in [2.75, 3.05) is 0 Å². The van der Waals surface area contributed by atoms with Crippen LogP contribution >= 0.6 is 0 Å². The van der Waals surface area contributed by atoms with Gasteiger partial charge in [0.2, 0.25) is 0 Å². The van der Waals surface area contributed by atoms with Crippen molar-refractivity contribution in [3.05, 3.63) is 35.1 Å². The van der Waals surface area contributed by atoms with Gasteiger partial charge in [-0.15, -0.1) is 0 Å². The van der Waals surface area contributed by atoms with Crippen molar-refractivity contribution in [3.8, 4) is 0 Å². The molecule has 1 aromatic carbocycles. The lowest BCUT2D eigenvalue weighted by molar-refractivity contribution is 0.417. The lowest BCUT2D eigenvalue weighted by Gasteiger charge is -2.25. The lowest BCUT2D eigenvalue weighted by atomic mass is 9.80. The fraction of sp³-hybridized carbons (Fsp3) is 0.538. The van der Waals surface area contributed by atoms with Crippen LogP contribution in [0.4, 0.5) is 13.2 Å². The molecule has 3 heteroatoms. The van der Waals surface area contributed by atoms with E-state index in [0.29, 0.717) is 11.5 Å². The van der Waals surface area contributed by atoms with Crippen LogP contribution in [-0.4, -0.2) is 0 Å². The second-order valence-corrected chi connectivity index (χ2v) is 5.29. The quantitative estimate of drug-likeness (QED) is 0.681. The first kappa shape index (κ1) is 11.5. The Balaban J connectivity index is 2.31. The largest absolute Gasteiger partial charge is 0.204 e. The Morgan fingerprint density at radius 2 is 1.62 bits per heavy atom. The van der Waals surface area contributed by atoms with Gasteiger partial charge in [0.15, 0.2) is 17.5 Å². The van der Waals surface area contributed by atoms with Crippen molar-refractivity contribution < 1.29 is 13.2 Å². The first-order valence-corrected chi connectivity index (χ1v) is 5.55. The molecule has 1 saturated carbocycles. The van der Waals surface area contributed by atoms with Gasteiger partial charge >= 0.3 is 0 Å². The van der Waals surface area contributed by atoms with Crippen molar-refractivity contribution in [1.82, 2.24) is 0 Å². The van der Waals surface area contributed by atoms with Crippen molar-refractivity contribution in [2.45, 2.75) is 38.5 Å². The van der Waals surface area contributed by atoms with Crippen LogP contribution < -0.4 is 0 Å². The van der Waals surface area contributed by atoms with E-state index in [9.17, 15) is 13.2 Å². The van der Waals surface area contributed by atoms with Gasteiger partial charge in [-0.3, -0.25) is 0 Å². The van der Waals surface area contributed by atoms with Crippen molar-refractivity contribution in [1.29, 1.82) is 0 Å². The Labute approximate surface area is 93.5 Å². The molecule has 0 bridgehead atoms. The monoisotopic (exact) mass is 228 g/mol. The van der Waals surface area contributed by atoms with Crippen molar-refractivity contribution >= 4 is 0 Å². The minimum atomic E-state index is -1.38. The molecule has 1 aliphatic rings. The molecular formula is C13H15F3. The van der Waals surface area contributed by atoms with Crippen LogP contribution in [0.25, 0.3) is 0 Å². The van der Waals surface area contributed by atoms with E-state index in [1.165, 1.54) is 12.8 Å². The Morgan fingerprint density at radius 1 is 1.12 bits per heavy atom. The highest BCUT2D eigenvalue weighted by molar-refractivity contribution is 5.26. The van der Waals surface area contributed by atoms with Crippen LogP contribution in [0.3, 0.4) is 0 Å². The van der Waals surface area contributed by atoms with Gasteiger partial charge in [-0.2, -0.15) is 0 Å². The van der Waals surface area contributed by atoms with Gasteiger partial charge in [0.05, 0.1) is 0 Å². The highest BCUT2D eigenvalue weighted by Gasteiger charge is 2.32. The Kier molecular flexibility index (Phi) is 2.72. The van der Waals surface area contributed by atoms with Crippen LogP contribution in [0.2, 0.25) is 0 Å². The molecule has 0 aromatic heterocycles. The maximum atomic E-state index is 13.1. The first-order valence-electron chi connectivity index (χ1n) is 5.55. The molecule has 0 unspecified atom stereocenters. The van der Waals surface area contributed by atoms with Crippen LogP contribution in [-0.2, 0) is 5.41 Å². The summed E-state index contributed by atoms with van der Waals surface area (Å²) in [4.78, 5) is 0. The topological polar surface area (TPSA) is 0 Å². The third-order valence-corrected chi connectivity index (χ3v) is 3.26. The summed E-state index contributed by atoms with van der Waals surface area (Å²) >= 11 is 0. The Morgan fingerprint density at radius 3 is 2.06 bits per heavy atom. The molecule has 0 atom stereocenters. The lowest BCUT2D eigenvalue weighted by Crippen LogP contribution is -2.19. The summed E-state index contributed by atoms with van der Waals surface area (Å²) in [5, 5.41) is 0. The average molecular weight is 228 g/mol. The molecule has 0 spiro atoms. The molecule has 1 fully saturated rings. The molecule has 0 radical (unpaired) electrons. The molecule has 1 aliphatic carbocycles. The number of benzene rings is 1. The first-order chi connectivity index (χ1) is 7.40. The van der Waals surface area contributed by atoms with Crippen LogP contribution in [0.15, 0.2) is 12.1 Å². The van der Waals surface area contributed by atoms with Gasteiger partial charge in [0.25, 0.3) is 0 Å². The molecule has 16 heavy (non-hydrogen) atoms. The fourth-order valence-electron chi connectivity index (χ4n) is 2.11. The smallest absolute Gasteiger partial charge is 0.194 e. The zero-order valence-corrected chi connectivity index (χ0v) is 9.49. The molecule has 0 aliphatic heterocycles. The molecule has 88 valence electrons. The molecule has 1 aromatic rings. The molecular weight excluding hydrogens is 213 g/mol. The summed E-state index contributed by atoms with van der Waals surface area (Å²) in [7, 11) is 0. The minimum absolute atomic E-state index is 0.295. The summed E-state index contributed by atoms with van der Waals surface area (Å²) in [5.41, 5.74) is 0.243. The summed E-state index contributed by atoms with van der Waals surface area (Å²) in [6.45, 7) is 3.88. The fourth-order valence-corrected chi connectivity index (χ4v) is 2.11. The van der Waals surface area contributed by atoms with Gasteiger partial charge in [-0.05, 0) is 35.4 Å². The third-order valence-electron chi connectivity index (χ3n) is 3.26. The molecule has 0 N–H and O–H groups in total. The summed E-state index contributed by atoms with van der Waals surface area (Å²) in [6.07, 6.45) is 3.28. The van der Waals surface area contributed by atoms with E-state index < -0.39 is 17.5 Å². The van der Waals surface area contributed by atoms with Gasteiger partial charge in [0, 0.05) is 0 Å². The van der Waals surface area contributed by atoms with E-state index in [-0.39, 0.29) is 5.41 Å². The molecule has 0 amide bonds. The number of halogens is 3. The van der Waals surface area contributed by atoms with E-state index in [1.807, 2.05) is 13.8 Å². The number of hydrogen-bond acceptors (Lipinski definition) is 0. The van der Waals surface area contributed by atoms with E-state index in [4.69, 9.17) is 0 Å². The van der Waals surface area contributed by atoms with Crippen LogP contribution in [0, 0.1) is 23.4 Å².